The highest BCUT2D eigenvalue weighted by Crippen LogP contribution is 2.32. The van der Waals surface area contributed by atoms with Crippen LogP contribution in [0.4, 0.5) is 5.69 Å². The van der Waals surface area contributed by atoms with Crippen molar-refractivity contribution >= 4 is 17.5 Å². The lowest BCUT2D eigenvalue weighted by atomic mass is 10.1. The molecular weight excluding hydrogens is 328 g/mol. The Morgan fingerprint density at radius 3 is 2.77 bits per heavy atom. The molecule has 136 valence electrons. The largest absolute Gasteiger partial charge is 0.482 e. The first-order chi connectivity index (χ1) is 12.5. The van der Waals surface area contributed by atoms with E-state index in [4.69, 9.17) is 4.74 Å². The van der Waals surface area contributed by atoms with Gasteiger partial charge in [-0.1, -0.05) is 36.4 Å². The fourth-order valence-electron chi connectivity index (χ4n) is 3.09. The Balaban J connectivity index is 1.54. The van der Waals surface area contributed by atoms with Crippen LogP contribution >= 0.6 is 0 Å². The average Bonchev–Trinajstić information content (AvgIpc) is 2.64. The highest BCUT2D eigenvalue weighted by atomic mass is 16.5. The molecule has 1 aliphatic rings. The topological polar surface area (TPSA) is 58.6 Å². The molecule has 0 unspecified atom stereocenters. The summed E-state index contributed by atoms with van der Waals surface area (Å²) in [4.78, 5) is 26.1. The van der Waals surface area contributed by atoms with Crippen LogP contribution in [0.25, 0.3) is 0 Å². The molecule has 0 saturated carbocycles. The standard InChI is InChI=1S/C21H24N2O3/c1-15-10-11-19-18(13-15)23(21(25)14-26-19)12-6-9-20(24)22-16(2)17-7-4-3-5-8-17/h3-5,7-8,10-11,13,16H,6,9,12,14H2,1-2H3,(H,22,24)/t16-/m1/s1. The van der Waals surface area contributed by atoms with E-state index < -0.39 is 0 Å². The second kappa shape index (κ2) is 8.04. The number of nitrogens with one attached hydrogen (secondary N) is 1. The summed E-state index contributed by atoms with van der Waals surface area (Å²) in [6.45, 7) is 4.51. The first kappa shape index (κ1) is 18.0. The van der Waals surface area contributed by atoms with Gasteiger partial charge >= 0.3 is 0 Å². The quantitative estimate of drug-likeness (QED) is 0.867. The normalized spacial score (nSPS) is 14.4. The molecule has 5 heteroatoms. The Kier molecular flexibility index (Phi) is 5.56. The van der Waals surface area contributed by atoms with Gasteiger partial charge in [0, 0.05) is 13.0 Å². The lowest BCUT2D eigenvalue weighted by molar-refractivity contribution is -0.123. The first-order valence-electron chi connectivity index (χ1n) is 8.93. The van der Waals surface area contributed by atoms with Crippen molar-refractivity contribution in [3.05, 3.63) is 59.7 Å². The third kappa shape index (κ3) is 4.23. The van der Waals surface area contributed by atoms with Gasteiger partial charge in [0.2, 0.25) is 5.91 Å². The smallest absolute Gasteiger partial charge is 0.265 e. The minimum Gasteiger partial charge on any atom is -0.482 e. The Morgan fingerprint density at radius 1 is 1.23 bits per heavy atom. The number of ether oxygens (including phenoxy) is 1. The second-order valence-corrected chi connectivity index (χ2v) is 6.61. The molecule has 26 heavy (non-hydrogen) atoms. The zero-order valence-corrected chi connectivity index (χ0v) is 15.2. The summed E-state index contributed by atoms with van der Waals surface area (Å²) in [5, 5.41) is 3.01. The van der Waals surface area contributed by atoms with Gasteiger partial charge in [-0.2, -0.15) is 0 Å². The Bertz CT molecular complexity index is 789. The fourth-order valence-corrected chi connectivity index (χ4v) is 3.09. The van der Waals surface area contributed by atoms with Crippen molar-refractivity contribution < 1.29 is 14.3 Å². The number of benzene rings is 2. The molecule has 0 saturated heterocycles. The Morgan fingerprint density at radius 2 is 2.00 bits per heavy atom. The summed E-state index contributed by atoms with van der Waals surface area (Å²) in [7, 11) is 0. The first-order valence-corrected chi connectivity index (χ1v) is 8.93. The molecule has 0 bridgehead atoms. The molecule has 0 spiro atoms. The summed E-state index contributed by atoms with van der Waals surface area (Å²) >= 11 is 0. The van der Waals surface area contributed by atoms with E-state index in [9.17, 15) is 9.59 Å². The van der Waals surface area contributed by atoms with Crippen LogP contribution < -0.4 is 15.0 Å². The molecule has 0 aliphatic carbocycles. The van der Waals surface area contributed by atoms with Gasteiger partial charge in [-0.3, -0.25) is 9.59 Å². The molecule has 5 nitrogen and oxygen atoms in total. The van der Waals surface area contributed by atoms with E-state index in [1.165, 1.54) is 0 Å². The van der Waals surface area contributed by atoms with Gasteiger partial charge in [0.25, 0.3) is 5.91 Å². The molecule has 2 amide bonds. The van der Waals surface area contributed by atoms with E-state index in [0.29, 0.717) is 19.4 Å². The van der Waals surface area contributed by atoms with Gasteiger partial charge in [-0.25, -0.2) is 0 Å². The van der Waals surface area contributed by atoms with E-state index in [-0.39, 0.29) is 24.5 Å². The molecule has 2 aromatic rings. The monoisotopic (exact) mass is 352 g/mol. The number of aryl methyl sites for hydroxylation is 1. The van der Waals surface area contributed by atoms with Crippen LogP contribution in [0.1, 0.15) is 36.9 Å². The second-order valence-electron chi connectivity index (χ2n) is 6.61. The van der Waals surface area contributed by atoms with Crippen LogP contribution in [0, 0.1) is 6.92 Å². The van der Waals surface area contributed by atoms with Crippen molar-refractivity contribution in [3.63, 3.8) is 0 Å². The summed E-state index contributed by atoms with van der Waals surface area (Å²) in [5.74, 6) is 0.644. The number of anilines is 1. The van der Waals surface area contributed by atoms with Gasteiger partial charge in [0.15, 0.2) is 6.61 Å². The summed E-state index contributed by atoms with van der Waals surface area (Å²) < 4.78 is 5.48. The lowest BCUT2D eigenvalue weighted by Crippen LogP contribution is -2.39. The summed E-state index contributed by atoms with van der Waals surface area (Å²) in [5.41, 5.74) is 2.94. The van der Waals surface area contributed by atoms with Crippen LogP contribution in [-0.4, -0.2) is 25.0 Å². The maximum Gasteiger partial charge on any atom is 0.265 e. The molecule has 0 radical (unpaired) electrons. The Hall–Kier alpha value is -2.82. The third-order valence-electron chi connectivity index (χ3n) is 4.52. The maximum absolute atomic E-state index is 12.2. The zero-order valence-electron chi connectivity index (χ0n) is 15.2. The van der Waals surface area contributed by atoms with Gasteiger partial charge in [0.05, 0.1) is 11.7 Å². The number of carbonyl (C=O) groups excluding carboxylic acids is 2. The maximum atomic E-state index is 12.2. The molecule has 1 N–H and O–H groups in total. The fraction of sp³-hybridized carbons (Fsp3) is 0.333. The molecule has 1 aliphatic heterocycles. The lowest BCUT2D eigenvalue weighted by Gasteiger charge is -2.29. The minimum atomic E-state index is -0.0684. The molecule has 3 rings (SSSR count). The van der Waals surface area contributed by atoms with E-state index in [1.54, 1.807) is 4.90 Å². The number of nitrogens with zero attached hydrogens (tertiary/aromatic N) is 1. The number of hydrogen-bond acceptors (Lipinski definition) is 3. The minimum absolute atomic E-state index is 0.00785. The van der Waals surface area contributed by atoms with Gasteiger partial charge in [0.1, 0.15) is 5.75 Å². The number of carbonyl (C=O) groups is 2. The molecule has 0 aromatic heterocycles. The average molecular weight is 352 g/mol. The van der Waals surface area contributed by atoms with Crippen LogP contribution in [0.15, 0.2) is 48.5 Å². The predicted octanol–water partition coefficient (Wildman–Crippen LogP) is 3.38. The van der Waals surface area contributed by atoms with Crippen molar-refractivity contribution in [2.45, 2.75) is 32.7 Å². The third-order valence-corrected chi connectivity index (χ3v) is 4.52. The molecule has 1 heterocycles. The zero-order chi connectivity index (χ0) is 18.5. The van der Waals surface area contributed by atoms with Crippen molar-refractivity contribution in [1.82, 2.24) is 5.32 Å². The van der Waals surface area contributed by atoms with Crippen LogP contribution in [0.3, 0.4) is 0 Å². The van der Waals surface area contributed by atoms with Crippen molar-refractivity contribution in [1.29, 1.82) is 0 Å². The molecule has 1 atom stereocenters. The molecule has 0 fully saturated rings. The number of amides is 2. The summed E-state index contributed by atoms with van der Waals surface area (Å²) in [6, 6.07) is 15.6. The van der Waals surface area contributed by atoms with Crippen LogP contribution in [0.2, 0.25) is 0 Å². The number of rotatable bonds is 6. The number of hydrogen-bond donors (Lipinski definition) is 1. The Labute approximate surface area is 154 Å². The van der Waals surface area contributed by atoms with Gasteiger partial charge in [-0.05, 0) is 43.5 Å². The van der Waals surface area contributed by atoms with Crippen molar-refractivity contribution in [2.75, 3.05) is 18.1 Å². The SMILES string of the molecule is Cc1ccc2c(c1)N(CCCC(=O)N[C@H](C)c1ccccc1)C(=O)CO2. The highest BCUT2D eigenvalue weighted by molar-refractivity contribution is 5.98. The molecule has 2 aromatic carbocycles. The van der Waals surface area contributed by atoms with E-state index >= 15 is 0 Å². The van der Waals surface area contributed by atoms with Crippen molar-refractivity contribution in [2.24, 2.45) is 0 Å². The highest BCUT2D eigenvalue weighted by Gasteiger charge is 2.25. The molecular formula is C21H24N2O3. The van der Waals surface area contributed by atoms with Crippen LogP contribution in [0.5, 0.6) is 5.75 Å². The van der Waals surface area contributed by atoms with Gasteiger partial charge in [-0.15, -0.1) is 0 Å². The van der Waals surface area contributed by atoms with Crippen LogP contribution in [-0.2, 0) is 9.59 Å². The van der Waals surface area contributed by atoms with E-state index in [2.05, 4.69) is 5.32 Å². The summed E-state index contributed by atoms with van der Waals surface area (Å²) in [6.07, 6.45) is 0.982. The number of fused-ring (bicyclic) bond motifs is 1. The van der Waals surface area contributed by atoms with Gasteiger partial charge < -0.3 is 15.0 Å². The van der Waals surface area contributed by atoms with E-state index in [1.807, 2.05) is 62.4 Å². The van der Waals surface area contributed by atoms with E-state index in [0.717, 1.165) is 22.6 Å². The van der Waals surface area contributed by atoms with Crippen molar-refractivity contribution in [3.8, 4) is 5.75 Å². The predicted molar refractivity (Wildman–Crippen MR) is 101 cm³/mol.